The average molecular weight is 422 g/mol. The molecule has 0 aliphatic heterocycles. The van der Waals surface area contributed by atoms with Gasteiger partial charge < -0.3 is 5.11 Å². The van der Waals surface area contributed by atoms with Crippen LogP contribution in [0.2, 0.25) is 0 Å². The second-order valence-electron chi connectivity index (χ2n) is 5.52. The molecule has 0 fully saturated rings. The molecule has 0 radical (unpaired) electrons. The standard InChI is InChI=1S/C13H10O10S3/c14-12-3-6(24(15,16)17)1-8-9-2-7(25(18,19)20)4-13(26(21,22)23)11(9)5-10(8)12/h1-4,14H,5H2,(H,15,16,17)(H,18,19,20)(H,21,22,23). The molecule has 3 rings (SSSR count). The molecule has 0 saturated heterocycles. The van der Waals surface area contributed by atoms with E-state index in [1.807, 2.05) is 0 Å². The minimum absolute atomic E-state index is 0.0600. The van der Waals surface area contributed by atoms with E-state index in [1.165, 1.54) is 0 Å². The summed E-state index contributed by atoms with van der Waals surface area (Å²) < 4.78 is 96.4. The summed E-state index contributed by atoms with van der Waals surface area (Å²) in [5.74, 6) is -0.582. The SMILES string of the molecule is O=S(=O)(O)c1cc(O)c2c(c1)-c1cc(S(=O)(=O)O)cc(S(=O)(=O)O)c1C2. The Morgan fingerprint density at radius 1 is 0.654 bits per heavy atom. The van der Waals surface area contributed by atoms with Crippen LogP contribution >= 0.6 is 0 Å². The Labute approximate surface area is 148 Å². The van der Waals surface area contributed by atoms with Crippen LogP contribution in [-0.4, -0.2) is 44.0 Å². The number of benzene rings is 2. The van der Waals surface area contributed by atoms with Crippen LogP contribution in [0.15, 0.2) is 39.0 Å². The van der Waals surface area contributed by atoms with Crippen LogP contribution in [0, 0.1) is 0 Å². The van der Waals surface area contributed by atoms with Gasteiger partial charge in [0.05, 0.1) is 14.7 Å². The van der Waals surface area contributed by atoms with Crippen LogP contribution in [0.5, 0.6) is 5.75 Å². The lowest BCUT2D eigenvalue weighted by Gasteiger charge is -2.09. The van der Waals surface area contributed by atoms with Gasteiger partial charge in [0.1, 0.15) is 5.75 Å². The first-order valence-electron chi connectivity index (χ1n) is 6.65. The van der Waals surface area contributed by atoms with Crippen molar-refractivity contribution in [2.45, 2.75) is 21.1 Å². The van der Waals surface area contributed by atoms with E-state index in [0.29, 0.717) is 6.07 Å². The Morgan fingerprint density at radius 2 is 1.12 bits per heavy atom. The third-order valence-electron chi connectivity index (χ3n) is 3.90. The van der Waals surface area contributed by atoms with Gasteiger partial charge in [-0.15, -0.1) is 0 Å². The molecule has 2 aromatic carbocycles. The molecule has 0 unspecified atom stereocenters. The molecule has 1 aliphatic rings. The van der Waals surface area contributed by atoms with Crippen molar-refractivity contribution in [2.24, 2.45) is 0 Å². The van der Waals surface area contributed by atoms with Crippen LogP contribution < -0.4 is 0 Å². The summed E-state index contributed by atoms with van der Waals surface area (Å²) in [6.45, 7) is 0. The van der Waals surface area contributed by atoms with E-state index < -0.39 is 50.8 Å². The van der Waals surface area contributed by atoms with Crippen molar-refractivity contribution in [3.63, 3.8) is 0 Å². The molecule has 0 aromatic heterocycles. The molecule has 140 valence electrons. The van der Waals surface area contributed by atoms with Gasteiger partial charge in [-0.2, -0.15) is 25.3 Å². The van der Waals surface area contributed by atoms with Crippen molar-refractivity contribution < 1.29 is 44.0 Å². The molecule has 2 aromatic rings. The van der Waals surface area contributed by atoms with Gasteiger partial charge in [0.25, 0.3) is 30.4 Å². The summed E-state index contributed by atoms with van der Waals surface area (Å²) in [4.78, 5) is -2.37. The van der Waals surface area contributed by atoms with Crippen molar-refractivity contribution in [2.75, 3.05) is 0 Å². The Morgan fingerprint density at radius 3 is 1.58 bits per heavy atom. The summed E-state index contributed by atoms with van der Waals surface area (Å²) in [7, 11) is -14.5. The summed E-state index contributed by atoms with van der Waals surface area (Å²) >= 11 is 0. The average Bonchev–Trinajstić information content (AvgIpc) is 2.82. The van der Waals surface area contributed by atoms with Gasteiger partial charge in [-0.1, -0.05) is 0 Å². The molecule has 0 amide bonds. The van der Waals surface area contributed by atoms with E-state index in [0.717, 1.165) is 18.2 Å². The van der Waals surface area contributed by atoms with Crippen LogP contribution in [0.3, 0.4) is 0 Å². The van der Waals surface area contributed by atoms with Crippen LogP contribution in [-0.2, 0) is 36.8 Å². The minimum atomic E-state index is -4.90. The third kappa shape index (κ3) is 3.08. The number of phenolic OH excluding ortho intramolecular Hbond substituents is 1. The molecule has 0 spiro atoms. The highest BCUT2D eigenvalue weighted by Gasteiger charge is 2.32. The fourth-order valence-electron chi connectivity index (χ4n) is 2.80. The second kappa shape index (κ2) is 5.48. The highest BCUT2D eigenvalue weighted by atomic mass is 32.2. The van der Waals surface area contributed by atoms with Crippen molar-refractivity contribution in [3.05, 3.63) is 35.4 Å². The summed E-state index contributed by atoms with van der Waals surface area (Å²) in [6.07, 6.45) is -0.261. The molecule has 4 N–H and O–H groups in total. The fourth-order valence-corrected chi connectivity index (χ4v) is 4.71. The maximum absolute atomic E-state index is 11.6. The number of rotatable bonds is 3. The van der Waals surface area contributed by atoms with Gasteiger partial charge in [0, 0.05) is 18.1 Å². The number of hydrogen-bond donors (Lipinski definition) is 4. The predicted molar refractivity (Wildman–Crippen MR) is 85.8 cm³/mol. The molecule has 26 heavy (non-hydrogen) atoms. The first-order chi connectivity index (χ1) is 11.7. The first kappa shape index (κ1) is 18.8. The zero-order valence-electron chi connectivity index (χ0n) is 12.5. The van der Waals surface area contributed by atoms with E-state index in [9.17, 15) is 39.5 Å². The molecule has 10 nitrogen and oxygen atoms in total. The molecule has 13 heteroatoms. The Kier molecular flexibility index (Phi) is 3.95. The monoisotopic (exact) mass is 422 g/mol. The molecule has 0 bridgehead atoms. The lowest BCUT2D eigenvalue weighted by molar-refractivity contribution is 0.462. The van der Waals surface area contributed by atoms with Gasteiger partial charge in [-0.25, -0.2) is 0 Å². The minimum Gasteiger partial charge on any atom is -0.508 e. The van der Waals surface area contributed by atoms with Gasteiger partial charge in [0.2, 0.25) is 0 Å². The first-order valence-corrected chi connectivity index (χ1v) is 11.0. The van der Waals surface area contributed by atoms with Crippen molar-refractivity contribution in [3.8, 4) is 16.9 Å². The third-order valence-corrected chi connectivity index (χ3v) is 6.48. The molecule has 0 atom stereocenters. The largest absolute Gasteiger partial charge is 0.508 e. The molecule has 1 aliphatic carbocycles. The number of phenols is 1. The highest BCUT2D eigenvalue weighted by molar-refractivity contribution is 7.86. The fraction of sp³-hybridized carbons (Fsp3) is 0.0769. The zero-order valence-corrected chi connectivity index (χ0v) is 14.9. The van der Waals surface area contributed by atoms with Gasteiger partial charge in [-0.3, -0.25) is 13.7 Å². The summed E-state index contributed by atoms with van der Waals surface area (Å²) in [6, 6.07) is 3.09. The van der Waals surface area contributed by atoms with Crippen LogP contribution in [0.4, 0.5) is 0 Å². The number of aromatic hydroxyl groups is 1. The molecule has 0 heterocycles. The van der Waals surface area contributed by atoms with Gasteiger partial charge >= 0.3 is 0 Å². The second-order valence-corrected chi connectivity index (χ2v) is 9.75. The summed E-state index contributed by atoms with van der Waals surface area (Å²) in [5.41, 5.74) is -0.242. The van der Waals surface area contributed by atoms with E-state index >= 15 is 0 Å². The van der Waals surface area contributed by atoms with Gasteiger partial charge in [-0.05, 0) is 34.9 Å². The van der Waals surface area contributed by atoms with Crippen LogP contribution in [0.1, 0.15) is 11.1 Å². The smallest absolute Gasteiger partial charge is 0.294 e. The topological polar surface area (TPSA) is 183 Å². The highest BCUT2D eigenvalue weighted by Crippen LogP contribution is 2.45. The Hall–Kier alpha value is -2.03. The molecular weight excluding hydrogens is 412 g/mol. The lowest BCUT2D eigenvalue weighted by Crippen LogP contribution is -2.07. The van der Waals surface area contributed by atoms with E-state index in [1.54, 1.807) is 0 Å². The maximum Gasteiger partial charge on any atom is 0.294 e. The Bertz CT molecular complexity index is 1270. The zero-order chi connectivity index (χ0) is 19.7. The predicted octanol–water partition coefficient (Wildman–Crippen LogP) is 0.704. The van der Waals surface area contributed by atoms with E-state index in [4.69, 9.17) is 4.55 Å². The van der Waals surface area contributed by atoms with E-state index in [-0.39, 0.29) is 28.7 Å². The van der Waals surface area contributed by atoms with Gasteiger partial charge in [0.15, 0.2) is 0 Å². The normalized spacial score (nSPS) is 14.1. The van der Waals surface area contributed by atoms with Crippen molar-refractivity contribution in [1.82, 2.24) is 0 Å². The summed E-state index contributed by atoms with van der Waals surface area (Å²) in [5, 5.41) is 10.0. The van der Waals surface area contributed by atoms with E-state index in [2.05, 4.69) is 0 Å². The maximum atomic E-state index is 11.6. The lowest BCUT2D eigenvalue weighted by atomic mass is 10.1. The molecular formula is C13H10O10S3. The van der Waals surface area contributed by atoms with Crippen molar-refractivity contribution >= 4 is 30.4 Å². The number of hydrogen-bond acceptors (Lipinski definition) is 7. The number of fused-ring (bicyclic) bond motifs is 3. The molecule has 0 saturated carbocycles. The quantitative estimate of drug-likeness (QED) is 0.438. The van der Waals surface area contributed by atoms with Crippen LogP contribution in [0.25, 0.3) is 11.1 Å². The van der Waals surface area contributed by atoms with Crippen molar-refractivity contribution in [1.29, 1.82) is 0 Å². The Balaban J connectivity index is 2.45.